The lowest BCUT2D eigenvalue weighted by Gasteiger charge is -2.35. The molecule has 0 aliphatic heterocycles. The fourth-order valence-corrected chi connectivity index (χ4v) is 1.99. The van der Waals surface area contributed by atoms with Gasteiger partial charge in [0, 0.05) is 24.6 Å². The standard InChI is InChI=1S/C15H27N3O2/c1-6-10-18(5)15(3,4)8-9-16-14(19)13-11-12(7-2)20-17-13/h11H,6-10H2,1-5H3,(H,16,19). The van der Waals surface area contributed by atoms with Gasteiger partial charge >= 0.3 is 0 Å². The molecule has 1 aromatic heterocycles. The minimum atomic E-state index is -0.164. The Morgan fingerprint density at radius 1 is 1.45 bits per heavy atom. The summed E-state index contributed by atoms with van der Waals surface area (Å²) in [5.74, 6) is 0.570. The molecule has 0 radical (unpaired) electrons. The predicted octanol–water partition coefficient (Wildman–Crippen LogP) is 2.48. The van der Waals surface area contributed by atoms with Crippen molar-refractivity contribution < 1.29 is 9.32 Å². The van der Waals surface area contributed by atoms with E-state index in [9.17, 15) is 4.79 Å². The molecule has 0 spiro atoms. The van der Waals surface area contributed by atoms with Crippen molar-refractivity contribution in [1.82, 2.24) is 15.4 Å². The number of hydrogen-bond donors (Lipinski definition) is 1. The van der Waals surface area contributed by atoms with Gasteiger partial charge in [-0.05, 0) is 40.3 Å². The molecule has 1 rings (SSSR count). The number of nitrogens with one attached hydrogen (secondary N) is 1. The van der Waals surface area contributed by atoms with Crippen LogP contribution in [0.3, 0.4) is 0 Å². The highest BCUT2D eigenvalue weighted by Crippen LogP contribution is 2.16. The number of hydrogen-bond acceptors (Lipinski definition) is 4. The minimum absolute atomic E-state index is 0.0711. The summed E-state index contributed by atoms with van der Waals surface area (Å²) in [6.07, 6.45) is 2.77. The van der Waals surface area contributed by atoms with Crippen LogP contribution in [0.25, 0.3) is 0 Å². The Labute approximate surface area is 121 Å². The highest BCUT2D eigenvalue weighted by atomic mass is 16.5. The van der Waals surface area contributed by atoms with Gasteiger partial charge in [0.25, 0.3) is 5.91 Å². The van der Waals surface area contributed by atoms with Gasteiger partial charge in [-0.25, -0.2) is 0 Å². The molecule has 1 N–H and O–H groups in total. The lowest BCUT2D eigenvalue weighted by molar-refractivity contribution is 0.0928. The van der Waals surface area contributed by atoms with Gasteiger partial charge < -0.3 is 14.7 Å². The van der Waals surface area contributed by atoms with Crippen LogP contribution in [0.4, 0.5) is 0 Å². The molecule has 1 heterocycles. The lowest BCUT2D eigenvalue weighted by atomic mass is 9.98. The highest BCUT2D eigenvalue weighted by Gasteiger charge is 2.22. The monoisotopic (exact) mass is 281 g/mol. The average Bonchev–Trinajstić information content (AvgIpc) is 2.87. The Kier molecular flexibility index (Phi) is 6.20. The summed E-state index contributed by atoms with van der Waals surface area (Å²) in [6, 6.07) is 1.70. The molecule has 5 heteroatoms. The smallest absolute Gasteiger partial charge is 0.273 e. The number of carbonyl (C=O) groups excluding carboxylic acids is 1. The first-order valence-electron chi connectivity index (χ1n) is 7.35. The molecule has 0 aliphatic carbocycles. The van der Waals surface area contributed by atoms with E-state index in [-0.39, 0.29) is 11.4 Å². The quantitative estimate of drug-likeness (QED) is 0.795. The van der Waals surface area contributed by atoms with Crippen molar-refractivity contribution in [2.75, 3.05) is 20.1 Å². The molecule has 0 aliphatic rings. The van der Waals surface area contributed by atoms with Crippen molar-refractivity contribution >= 4 is 5.91 Å². The predicted molar refractivity (Wildman–Crippen MR) is 79.8 cm³/mol. The Morgan fingerprint density at radius 3 is 2.70 bits per heavy atom. The minimum Gasteiger partial charge on any atom is -0.361 e. The van der Waals surface area contributed by atoms with E-state index in [1.54, 1.807) is 6.07 Å². The summed E-state index contributed by atoms with van der Waals surface area (Å²) in [4.78, 5) is 14.2. The van der Waals surface area contributed by atoms with Crippen molar-refractivity contribution in [3.8, 4) is 0 Å². The third kappa shape index (κ3) is 4.63. The van der Waals surface area contributed by atoms with Crippen LogP contribution < -0.4 is 5.32 Å². The zero-order chi connectivity index (χ0) is 15.2. The molecule has 5 nitrogen and oxygen atoms in total. The van der Waals surface area contributed by atoms with E-state index in [2.05, 4.69) is 43.2 Å². The molecular formula is C15H27N3O2. The van der Waals surface area contributed by atoms with Crippen LogP contribution in [0.5, 0.6) is 0 Å². The van der Waals surface area contributed by atoms with Crippen LogP contribution in [0.2, 0.25) is 0 Å². The summed E-state index contributed by atoms with van der Waals surface area (Å²) in [6.45, 7) is 10.2. The van der Waals surface area contributed by atoms with Crippen LogP contribution in [0.15, 0.2) is 10.6 Å². The lowest BCUT2D eigenvalue weighted by Crippen LogP contribution is -2.44. The maximum atomic E-state index is 11.9. The Balaban J connectivity index is 2.41. The van der Waals surface area contributed by atoms with Gasteiger partial charge in [-0.15, -0.1) is 0 Å². The van der Waals surface area contributed by atoms with Gasteiger partial charge in [0.05, 0.1) is 0 Å². The maximum absolute atomic E-state index is 11.9. The van der Waals surface area contributed by atoms with Crippen molar-refractivity contribution in [1.29, 1.82) is 0 Å². The van der Waals surface area contributed by atoms with E-state index in [1.165, 1.54) is 0 Å². The van der Waals surface area contributed by atoms with Gasteiger partial charge in [-0.2, -0.15) is 0 Å². The molecule has 0 saturated carbocycles. The zero-order valence-corrected chi connectivity index (χ0v) is 13.3. The second-order valence-electron chi connectivity index (χ2n) is 5.77. The molecule has 1 aromatic rings. The van der Waals surface area contributed by atoms with Crippen molar-refractivity contribution in [3.63, 3.8) is 0 Å². The number of rotatable bonds is 8. The van der Waals surface area contributed by atoms with Crippen molar-refractivity contribution in [2.45, 2.75) is 52.5 Å². The largest absolute Gasteiger partial charge is 0.361 e. The third-order valence-electron chi connectivity index (χ3n) is 3.75. The molecule has 0 unspecified atom stereocenters. The van der Waals surface area contributed by atoms with Gasteiger partial charge in [-0.3, -0.25) is 4.79 Å². The molecule has 114 valence electrons. The maximum Gasteiger partial charge on any atom is 0.273 e. The second-order valence-corrected chi connectivity index (χ2v) is 5.77. The van der Waals surface area contributed by atoms with Crippen LogP contribution in [-0.4, -0.2) is 41.6 Å². The summed E-state index contributed by atoms with van der Waals surface area (Å²) in [5, 5.41) is 6.67. The third-order valence-corrected chi connectivity index (χ3v) is 3.75. The second kappa shape index (κ2) is 7.43. The molecular weight excluding hydrogens is 254 g/mol. The summed E-state index contributed by atoms with van der Waals surface area (Å²) >= 11 is 0. The normalized spacial score (nSPS) is 11.9. The fourth-order valence-electron chi connectivity index (χ4n) is 1.99. The number of amides is 1. The number of nitrogens with zero attached hydrogens (tertiary/aromatic N) is 2. The van der Waals surface area contributed by atoms with E-state index in [1.807, 2.05) is 6.92 Å². The van der Waals surface area contributed by atoms with Crippen LogP contribution >= 0.6 is 0 Å². The van der Waals surface area contributed by atoms with Crippen LogP contribution in [0.1, 0.15) is 56.8 Å². The number of aromatic nitrogens is 1. The van der Waals surface area contributed by atoms with E-state index in [4.69, 9.17) is 4.52 Å². The summed E-state index contributed by atoms with van der Waals surface area (Å²) in [7, 11) is 2.12. The molecule has 20 heavy (non-hydrogen) atoms. The van der Waals surface area contributed by atoms with E-state index >= 15 is 0 Å². The molecule has 0 atom stereocenters. The molecule has 0 fully saturated rings. The summed E-state index contributed by atoms with van der Waals surface area (Å²) < 4.78 is 5.03. The number of aryl methyl sites for hydroxylation is 1. The molecule has 0 aromatic carbocycles. The Bertz CT molecular complexity index is 427. The van der Waals surface area contributed by atoms with Crippen LogP contribution in [-0.2, 0) is 6.42 Å². The summed E-state index contributed by atoms with van der Waals surface area (Å²) in [5.41, 5.74) is 0.434. The van der Waals surface area contributed by atoms with E-state index < -0.39 is 0 Å². The first kappa shape index (κ1) is 16.7. The van der Waals surface area contributed by atoms with Crippen molar-refractivity contribution in [3.05, 3.63) is 17.5 Å². The van der Waals surface area contributed by atoms with E-state index in [0.717, 1.165) is 31.6 Å². The SMILES string of the molecule is CCCN(C)C(C)(C)CCNC(=O)c1cc(CC)on1. The average molecular weight is 281 g/mol. The first-order valence-corrected chi connectivity index (χ1v) is 7.35. The molecule has 0 saturated heterocycles. The topological polar surface area (TPSA) is 58.4 Å². The molecule has 1 amide bonds. The van der Waals surface area contributed by atoms with Gasteiger partial charge in [-0.1, -0.05) is 19.0 Å². The first-order chi connectivity index (χ1) is 9.40. The van der Waals surface area contributed by atoms with Gasteiger partial charge in [0.2, 0.25) is 0 Å². The van der Waals surface area contributed by atoms with Crippen LogP contribution in [0, 0.1) is 0 Å². The van der Waals surface area contributed by atoms with E-state index in [0.29, 0.717) is 12.2 Å². The molecule has 0 bridgehead atoms. The fraction of sp³-hybridized carbons (Fsp3) is 0.733. The van der Waals surface area contributed by atoms with Gasteiger partial charge in [0.15, 0.2) is 5.69 Å². The number of carbonyl (C=O) groups is 1. The Hall–Kier alpha value is -1.36. The highest BCUT2D eigenvalue weighted by molar-refractivity contribution is 5.92. The Morgan fingerprint density at radius 2 is 2.15 bits per heavy atom. The zero-order valence-electron chi connectivity index (χ0n) is 13.3. The van der Waals surface area contributed by atoms with Gasteiger partial charge in [0.1, 0.15) is 5.76 Å². The van der Waals surface area contributed by atoms with Crippen molar-refractivity contribution in [2.24, 2.45) is 0 Å².